The van der Waals surface area contributed by atoms with Gasteiger partial charge in [-0.15, -0.1) is 0 Å². The second-order valence-corrected chi connectivity index (χ2v) is 7.00. The molecule has 0 saturated carbocycles. The van der Waals surface area contributed by atoms with Crippen LogP contribution in [0.15, 0.2) is 53.5 Å². The van der Waals surface area contributed by atoms with E-state index in [1.807, 2.05) is 24.0 Å². The van der Waals surface area contributed by atoms with Gasteiger partial charge in [-0.3, -0.25) is 9.79 Å². The molecule has 6 nitrogen and oxygen atoms in total. The first-order valence-electron chi connectivity index (χ1n) is 9.77. The van der Waals surface area contributed by atoms with Gasteiger partial charge in [-0.2, -0.15) is 0 Å². The predicted molar refractivity (Wildman–Crippen MR) is 111 cm³/mol. The number of nitrogens with one attached hydrogen (secondary N) is 2. The number of aliphatic imine (C=N–C) groups is 1. The molecule has 3 rings (SSSR count). The van der Waals surface area contributed by atoms with Crippen LogP contribution in [0.5, 0.6) is 5.75 Å². The van der Waals surface area contributed by atoms with Gasteiger partial charge in [-0.25, -0.2) is 4.39 Å². The van der Waals surface area contributed by atoms with E-state index in [0.717, 1.165) is 13.0 Å². The van der Waals surface area contributed by atoms with Gasteiger partial charge in [0.1, 0.15) is 6.10 Å². The summed E-state index contributed by atoms with van der Waals surface area (Å²) in [5.74, 6) is 0.346. The lowest BCUT2D eigenvalue weighted by Gasteiger charge is -2.29. The molecule has 0 bridgehead atoms. The van der Waals surface area contributed by atoms with Crippen molar-refractivity contribution in [2.24, 2.45) is 4.99 Å². The number of rotatable bonds is 6. The Morgan fingerprint density at radius 1 is 1.17 bits per heavy atom. The van der Waals surface area contributed by atoms with E-state index >= 15 is 0 Å². The van der Waals surface area contributed by atoms with Crippen LogP contribution < -0.4 is 15.4 Å². The Morgan fingerprint density at radius 2 is 1.90 bits per heavy atom. The first-order valence-corrected chi connectivity index (χ1v) is 9.77. The van der Waals surface area contributed by atoms with Crippen LogP contribution in [-0.4, -0.2) is 49.6 Å². The van der Waals surface area contributed by atoms with Gasteiger partial charge in [-0.05, 0) is 36.6 Å². The Hall–Kier alpha value is -3.09. The van der Waals surface area contributed by atoms with Gasteiger partial charge in [0.15, 0.2) is 17.5 Å². The van der Waals surface area contributed by atoms with Gasteiger partial charge in [-0.1, -0.05) is 36.4 Å². The minimum Gasteiger partial charge on any atom is -0.486 e. The van der Waals surface area contributed by atoms with Gasteiger partial charge >= 0.3 is 0 Å². The maximum atomic E-state index is 13.7. The van der Waals surface area contributed by atoms with Crippen LogP contribution in [-0.2, 0) is 17.8 Å². The van der Waals surface area contributed by atoms with Gasteiger partial charge in [0.05, 0.1) is 13.1 Å². The second-order valence-electron chi connectivity index (χ2n) is 7.00. The van der Waals surface area contributed by atoms with Crippen molar-refractivity contribution < 1.29 is 13.9 Å². The first-order chi connectivity index (χ1) is 14.1. The number of hydrogen-bond donors (Lipinski definition) is 2. The molecule has 29 heavy (non-hydrogen) atoms. The molecule has 1 amide bonds. The maximum absolute atomic E-state index is 13.7. The molecule has 2 aromatic rings. The van der Waals surface area contributed by atoms with E-state index in [4.69, 9.17) is 4.74 Å². The zero-order valence-corrected chi connectivity index (χ0v) is 16.8. The van der Waals surface area contributed by atoms with Crippen LogP contribution in [0.4, 0.5) is 4.39 Å². The first kappa shape index (κ1) is 20.6. The molecule has 1 aliphatic heterocycles. The molecule has 1 heterocycles. The standard InChI is InChI=1S/C22H27FN4O2/c1-16(29-20-10-6-5-9-19(20)23)13-25-22(24-2)26-14-21(28)27-12-11-17-7-3-4-8-18(17)15-27/h3-10,16H,11-15H2,1-2H3,(H2,24,25,26). The summed E-state index contributed by atoms with van der Waals surface area (Å²) in [5, 5.41) is 6.14. The van der Waals surface area contributed by atoms with E-state index < -0.39 is 5.82 Å². The molecule has 154 valence electrons. The Balaban J connectivity index is 1.43. The molecule has 0 radical (unpaired) electrons. The second kappa shape index (κ2) is 9.91. The molecule has 1 unspecified atom stereocenters. The van der Waals surface area contributed by atoms with E-state index in [0.29, 0.717) is 19.0 Å². The number of para-hydroxylation sites is 1. The van der Waals surface area contributed by atoms with Crippen LogP contribution in [0, 0.1) is 5.82 Å². The molecular formula is C22H27FN4O2. The topological polar surface area (TPSA) is 66.0 Å². The van der Waals surface area contributed by atoms with Gasteiger partial charge in [0.25, 0.3) is 0 Å². The summed E-state index contributed by atoms with van der Waals surface area (Å²) in [6.07, 6.45) is 0.597. The molecule has 0 fully saturated rings. The van der Waals surface area contributed by atoms with Gasteiger partial charge < -0.3 is 20.3 Å². The van der Waals surface area contributed by atoms with E-state index in [9.17, 15) is 9.18 Å². The molecule has 0 saturated heterocycles. The molecule has 2 N–H and O–H groups in total. The molecule has 0 aromatic heterocycles. The number of ether oxygens (including phenoxy) is 1. The number of halogens is 1. The molecular weight excluding hydrogens is 371 g/mol. The molecule has 0 spiro atoms. The summed E-state index contributed by atoms with van der Waals surface area (Å²) in [5.41, 5.74) is 2.51. The van der Waals surface area contributed by atoms with Crippen LogP contribution in [0.3, 0.4) is 0 Å². The lowest BCUT2D eigenvalue weighted by Crippen LogP contribution is -2.47. The minimum absolute atomic E-state index is 0.0260. The Bertz CT molecular complexity index is 871. The highest BCUT2D eigenvalue weighted by Gasteiger charge is 2.20. The van der Waals surface area contributed by atoms with Crippen molar-refractivity contribution in [2.75, 3.05) is 26.7 Å². The van der Waals surface area contributed by atoms with Crippen molar-refractivity contribution in [3.05, 3.63) is 65.5 Å². The third-order valence-corrected chi connectivity index (χ3v) is 4.84. The number of amides is 1. The largest absolute Gasteiger partial charge is 0.486 e. The van der Waals surface area contributed by atoms with Crippen LogP contribution in [0.2, 0.25) is 0 Å². The lowest BCUT2D eigenvalue weighted by atomic mass is 10.00. The fraction of sp³-hybridized carbons (Fsp3) is 0.364. The third-order valence-electron chi connectivity index (χ3n) is 4.84. The fourth-order valence-corrected chi connectivity index (χ4v) is 3.24. The van der Waals surface area contributed by atoms with E-state index in [2.05, 4.69) is 27.8 Å². The Morgan fingerprint density at radius 3 is 2.66 bits per heavy atom. The van der Waals surface area contributed by atoms with Crippen molar-refractivity contribution in [3.63, 3.8) is 0 Å². The molecule has 1 atom stereocenters. The average Bonchev–Trinajstić information content (AvgIpc) is 2.75. The van der Waals surface area contributed by atoms with Gasteiger partial charge in [0.2, 0.25) is 5.91 Å². The van der Waals surface area contributed by atoms with E-state index in [1.165, 1.54) is 17.2 Å². The fourth-order valence-electron chi connectivity index (χ4n) is 3.24. The molecule has 0 aliphatic carbocycles. The smallest absolute Gasteiger partial charge is 0.242 e. The molecule has 2 aromatic carbocycles. The highest BCUT2D eigenvalue weighted by molar-refractivity contribution is 5.86. The Kier molecular flexibility index (Phi) is 7.05. The third kappa shape index (κ3) is 5.70. The number of carbonyl (C=O) groups is 1. The number of nitrogens with zero attached hydrogens (tertiary/aromatic N) is 2. The Labute approximate surface area is 170 Å². The van der Waals surface area contributed by atoms with E-state index in [1.54, 1.807) is 25.2 Å². The van der Waals surface area contributed by atoms with Crippen LogP contribution in [0.25, 0.3) is 0 Å². The lowest BCUT2D eigenvalue weighted by molar-refractivity contribution is -0.130. The highest BCUT2D eigenvalue weighted by atomic mass is 19.1. The zero-order chi connectivity index (χ0) is 20.6. The van der Waals surface area contributed by atoms with Crippen molar-refractivity contribution in [2.45, 2.75) is 26.0 Å². The van der Waals surface area contributed by atoms with Crippen molar-refractivity contribution in [3.8, 4) is 5.75 Å². The van der Waals surface area contributed by atoms with Gasteiger partial charge in [0, 0.05) is 20.1 Å². The monoisotopic (exact) mass is 398 g/mol. The molecule has 7 heteroatoms. The number of carbonyl (C=O) groups excluding carboxylic acids is 1. The van der Waals surface area contributed by atoms with Crippen molar-refractivity contribution in [1.82, 2.24) is 15.5 Å². The summed E-state index contributed by atoms with van der Waals surface area (Å²) in [6, 6.07) is 14.5. The maximum Gasteiger partial charge on any atom is 0.242 e. The summed E-state index contributed by atoms with van der Waals surface area (Å²) in [7, 11) is 1.64. The quantitative estimate of drug-likeness (QED) is 0.579. The SMILES string of the molecule is CN=C(NCC(=O)N1CCc2ccccc2C1)NCC(C)Oc1ccccc1F. The summed E-state index contributed by atoms with van der Waals surface area (Å²) < 4.78 is 19.3. The van der Waals surface area contributed by atoms with Crippen LogP contribution in [0.1, 0.15) is 18.1 Å². The zero-order valence-electron chi connectivity index (χ0n) is 16.8. The minimum atomic E-state index is -0.393. The number of hydrogen-bond acceptors (Lipinski definition) is 3. The van der Waals surface area contributed by atoms with E-state index in [-0.39, 0.29) is 24.3 Å². The summed E-state index contributed by atoms with van der Waals surface area (Å²) in [6.45, 7) is 3.76. The average molecular weight is 398 g/mol. The predicted octanol–water partition coefficient (Wildman–Crippen LogP) is 2.34. The number of guanidine groups is 1. The summed E-state index contributed by atoms with van der Waals surface area (Å²) >= 11 is 0. The van der Waals surface area contributed by atoms with Crippen LogP contribution >= 0.6 is 0 Å². The number of fused-ring (bicyclic) bond motifs is 1. The van der Waals surface area contributed by atoms with Crippen molar-refractivity contribution >= 4 is 11.9 Å². The number of benzene rings is 2. The highest BCUT2D eigenvalue weighted by Crippen LogP contribution is 2.18. The summed E-state index contributed by atoms with van der Waals surface area (Å²) in [4.78, 5) is 18.5. The van der Waals surface area contributed by atoms with Crippen molar-refractivity contribution in [1.29, 1.82) is 0 Å². The molecule has 1 aliphatic rings. The normalized spacial score (nSPS) is 14.7.